The number of halogens is 1. The molecule has 0 radical (unpaired) electrons. The first-order valence-electron chi connectivity index (χ1n) is 6.42. The maximum absolute atomic E-state index is 12.4. The summed E-state index contributed by atoms with van der Waals surface area (Å²) in [5, 5.41) is 0.321. The minimum Gasteiger partial charge on any atom is -0.398 e. The van der Waals surface area contributed by atoms with E-state index in [4.69, 9.17) is 17.3 Å². The average Bonchev–Trinajstić information content (AvgIpc) is 2.95. The monoisotopic (exact) mass is 328 g/mol. The summed E-state index contributed by atoms with van der Waals surface area (Å²) in [5.74, 6) is 0.562. The van der Waals surface area contributed by atoms with Gasteiger partial charge >= 0.3 is 0 Å². The topological polar surface area (TPSA) is 101 Å². The van der Waals surface area contributed by atoms with Crippen molar-refractivity contribution >= 4 is 27.3 Å². The quantitative estimate of drug-likeness (QED) is 0.733. The van der Waals surface area contributed by atoms with Crippen molar-refractivity contribution in [2.24, 2.45) is 0 Å². The Morgan fingerprint density at radius 3 is 2.71 bits per heavy atom. The predicted molar refractivity (Wildman–Crippen MR) is 82.5 cm³/mol. The number of aromatic nitrogens is 2. The lowest BCUT2D eigenvalue weighted by molar-refractivity contribution is 0.539. The van der Waals surface area contributed by atoms with E-state index in [0.717, 1.165) is 0 Å². The predicted octanol–water partition coefficient (Wildman–Crippen LogP) is 2.38. The zero-order valence-electron chi connectivity index (χ0n) is 11.7. The Hall–Kier alpha value is -1.57. The second kappa shape index (κ2) is 6.05. The molecule has 114 valence electrons. The van der Waals surface area contributed by atoms with Gasteiger partial charge < -0.3 is 10.7 Å². The summed E-state index contributed by atoms with van der Waals surface area (Å²) in [6.07, 6.45) is 3.78. The molecule has 2 aromatic rings. The lowest BCUT2D eigenvalue weighted by atomic mass is 10.2. The Morgan fingerprint density at radius 2 is 2.19 bits per heavy atom. The van der Waals surface area contributed by atoms with Gasteiger partial charge in [-0.3, -0.25) is 0 Å². The van der Waals surface area contributed by atoms with E-state index in [2.05, 4.69) is 14.7 Å². The van der Waals surface area contributed by atoms with Crippen molar-refractivity contribution < 1.29 is 8.42 Å². The number of H-pyrrole nitrogens is 1. The van der Waals surface area contributed by atoms with Crippen LogP contribution in [0.4, 0.5) is 5.69 Å². The fourth-order valence-electron chi connectivity index (χ4n) is 1.89. The molecule has 1 heterocycles. The average molecular weight is 329 g/mol. The maximum Gasteiger partial charge on any atom is 0.241 e. The van der Waals surface area contributed by atoms with Gasteiger partial charge in [-0.25, -0.2) is 18.1 Å². The molecule has 4 N–H and O–H groups in total. The number of hydrogen-bond acceptors (Lipinski definition) is 4. The molecule has 0 aliphatic carbocycles. The number of hydrogen-bond donors (Lipinski definition) is 3. The second-order valence-corrected chi connectivity index (χ2v) is 6.80. The van der Waals surface area contributed by atoms with Crippen LogP contribution in [0.25, 0.3) is 0 Å². The molecule has 2 rings (SSSR count). The Kier molecular flexibility index (Phi) is 4.55. The SMILES string of the molecule is CCC(NS(=O)(=O)c1cc(N)c(C)c(Cl)c1)c1ncc[nH]1. The molecule has 0 bridgehead atoms. The van der Waals surface area contributed by atoms with E-state index in [9.17, 15) is 8.42 Å². The van der Waals surface area contributed by atoms with Gasteiger partial charge in [0, 0.05) is 23.1 Å². The van der Waals surface area contributed by atoms with Crippen LogP contribution in [0.15, 0.2) is 29.4 Å². The Bertz CT molecular complexity index is 706. The van der Waals surface area contributed by atoms with Gasteiger partial charge in [0.15, 0.2) is 0 Å². The summed E-state index contributed by atoms with van der Waals surface area (Å²) in [7, 11) is -3.73. The number of nitrogen functional groups attached to an aromatic ring is 1. The van der Waals surface area contributed by atoms with Gasteiger partial charge in [-0.15, -0.1) is 0 Å². The van der Waals surface area contributed by atoms with Gasteiger partial charge in [-0.2, -0.15) is 0 Å². The van der Waals surface area contributed by atoms with Crippen LogP contribution in [-0.4, -0.2) is 18.4 Å². The van der Waals surface area contributed by atoms with Gasteiger partial charge in [0.1, 0.15) is 5.82 Å². The van der Waals surface area contributed by atoms with Gasteiger partial charge in [0.05, 0.1) is 10.9 Å². The van der Waals surface area contributed by atoms with Gasteiger partial charge in [0.25, 0.3) is 0 Å². The molecular formula is C13H17ClN4O2S. The number of aromatic amines is 1. The van der Waals surface area contributed by atoms with E-state index < -0.39 is 16.1 Å². The molecule has 1 aromatic carbocycles. The first-order valence-corrected chi connectivity index (χ1v) is 8.28. The van der Waals surface area contributed by atoms with E-state index in [1.165, 1.54) is 12.1 Å². The number of benzene rings is 1. The van der Waals surface area contributed by atoms with Crippen LogP contribution < -0.4 is 10.5 Å². The molecule has 6 nitrogen and oxygen atoms in total. The molecule has 8 heteroatoms. The van der Waals surface area contributed by atoms with E-state index >= 15 is 0 Å². The van der Waals surface area contributed by atoms with Crippen molar-refractivity contribution in [2.75, 3.05) is 5.73 Å². The summed E-state index contributed by atoms with van der Waals surface area (Å²) in [5.41, 5.74) is 6.78. The van der Waals surface area contributed by atoms with Gasteiger partial charge in [0.2, 0.25) is 10.0 Å². The summed E-state index contributed by atoms with van der Waals surface area (Å²) in [6.45, 7) is 3.60. The Labute approximate surface area is 128 Å². The molecule has 1 atom stereocenters. The highest BCUT2D eigenvalue weighted by molar-refractivity contribution is 7.89. The molecule has 0 amide bonds. The largest absolute Gasteiger partial charge is 0.398 e. The highest BCUT2D eigenvalue weighted by Gasteiger charge is 2.23. The van der Waals surface area contributed by atoms with Crippen molar-refractivity contribution in [1.82, 2.24) is 14.7 Å². The summed E-state index contributed by atoms with van der Waals surface area (Å²) >= 11 is 6.00. The number of imidazole rings is 1. The number of anilines is 1. The van der Waals surface area contributed by atoms with E-state index in [0.29, 0.717) is 28.5 Å². The van der Waals surface area contributed by atoms with Crippen LogP contribution in [0.1, 0.15) is 30.8 Å². The molecule has 0 aliphatic heterocycles. The highest BCUT2D eigenvalue weighted by atomic mass is 35.5. The van der Waals surface area contributed by atoms with Crippen LogP contribution >= 0.6 is 11.6 Å². The van der Waals surface area contributed by atoms with E-state index in [1.54, 1.807) is 19.3 Å². The highest BCUT2D eigenvalue weighted by Crippen LogP contribution is 2.27. The minimum atomic E-state index is -3.73. The Morgan fingerprint density at radius 1 is 1.48 bits per heavy atom. The molecule has 1 unspecified atom stereocenters. The summed E-state index contributed by atoms with van der Waals surface area (Å²) in [4.78, 5) is 7.03. The second-order valence-electron chi connectivity index (χ2n) is 4.68. The van der Waals surface area contributed by atoms with Crippen molar-refractivity contribution in [3.8, 4) is 0 Å². The molecule has 0 fully saturated rings. The van der Waals surface area contributed by atoms with Crippen LogP contribution in [0.3, 0.4) is 0 Å². The van der Waals surface area contributed by atoms with Crippen molar-refractivity contribution in [3.05, 3.63) is 40.9 Å². The zero-order chi connectivity index (χ0) is 15.6. The van der Waals surface area contributed by atoms with E-state index in [-0.39, 0.29) is 4.90 Å². The van der Waals surface area contributed by atoms with Crippen LogP contribution in [0.2, 0.25) is 5.02 Å². The number of nitrogens with two attached hydrogens (primary N) is 1. The normalized spacial score (nSPS) is 13.3. The minimum absolute atomic E-state index is 0.0422. The third-order valence-corrected chi connectivity index (χ3v) is 5.07. The lowest BCUT2D eigenvalue weighted by Gasteiger charge is -2.16. The van der Waals surface area contributed by atoms with Crippen molar-refractivity contribution in [2.45, 2.75) is 31.2 Å². The molecule has 21 heavy (non-hydrogen) atoms. The third-order valence-electron chi connectivity index (χ3n) is 3.22. The van der Waals surface area contributed by atoms with Crippen LogP contribution in [-0.2, 0) is 10.0 Å². The summed E-state index contributed by atoms with van der Waals surface area (Å²) in [6, 6.07) is 2.36. The molecular weight excluding hydrogens is 312 g/mol. The van der Waals surface area contributed by atoms with Gasteiger partial charge in [-0.05, 0) is 31.0 Å². The van der Waals surface area contributed by atoms with Crippen molar-refractivity contribution in [3.63, 3.8) is 0 Å². The standard InChI is InChI=1S/C13H17ClN4O2S/c1-3-12(13-16-4-5-17-13)18-21(19,20)9-6-10(14)8(2)11(15)7-9/h4-7,12,18H,3,15H2,1-2H3,(H,16,17). The summed E-state index contributed by atoms with van der Waals surface area (Å²) < 4.78 is 27.5. The van der Waals surface area contributed by atoms with Crippen LogP contribution in [0, 0.1) is 6.92 Å². The van der Waals surface area contributed by atoms with Crippen LogP contribution in [0.5, 0.6) is 0 Å². The molecule has 0 saturated heterocycles. The lowest BCUT2D eigenvalue weighted by Crippen LogP contribution is -2.29. The molecule has 0 saturated carbocycles. The molecule has 0 spiro atoms. The number of sulfonamides is 1. The third kappa shape index (κ3) is 3.37. The number of nitrogens with one attached hydrogen (secondary N) is 2. The first kappa shape index (κ1) is 15.8. The fourth-order valence-corrected chi connectivity index (χ4v) is 3.52. The molecule has 0 aliphatic rings. The number of nitrogens with zero attached hydrogens (tertiary/aromatic N) is 1. The maximum atomic E-state index is 12.4. The van der Waals surface area contributed by atoms with Crippen molar-refractivity contribution in [1.29, 1.82) is 0 Å². The van der Waals surface area contributed by atoms with E-state index in [1.807, 2.05) is 6.92 Å². The smallest absolute Gasteiger partial charge is 0.241 e. The first-order chi connectivity index (χ1) is 9.85. The fraction of sp³-hybridized carbons (Fsp3) is 0.308. The number of rotatable bonds is 5. The Balaban J connectivity index is 2.34. The molecule has 1 aromatic heterocycles. The van der Waals surface area contributed by atoms with Gasteiger partial charge in [-0.1, -0.05) is 18.5 Å². The zero-order valence-corrected chi connectivity index (χ0v) is 13.3.